The number of thiocarbonyl (C=S) groups is 1. The minimum atomic E-state index is -0.444. The standard InChI is InChI=1S/C17H22N4O2S/c1-21(2)9-5-8-18-17(24)20-19-16(23)14-10-12-6-3-4-7-13(12)11-15(14)22/h3-4,6-7,10-11,22H,5,8-9H2,1-2H3,(H,19,23)(H2,18,20,24)/p+1. The first-order valence-corrected chi connectivity index (χ1v) is 8.23. The van der Waals surface area contributed by atoms with Gasteiger partial charge in [-0.15, -0.1) is 0 Å². The second-order valence-electron chi connectivity index (χ2n) is 5.86. The summed E-state index contributed by atoms with van der Waals surface area (Å²) in [6.07, 6.45) is 0.976. The van der Waals surface area contributed by atoms with Gasteiger partial charge in [0.25, 0.3) is 5.91 Å². The lowest BCUT2D eigenvalue weighted by Crippen LogP contribution is -3.05. The van der Waals surface area contributed by atoms with Gasteiger partial charge in [-0.2, -0.15) is 0 Å². The summed E-state index contributed by atoms with van der Waals surface area (Å²) in [6.45, 7) is 1.76. The molecule has 2 rings (SSSR count). The molecule has 24 heavy (non-hydrogen) atoms. The maximum Gasteiger partial charge on any atom is 0.273 e. The monoisotopic (exact) mass is 347 g/mol. The highest BCUT2D eigenvalue weighted by atomic mass is 32.1. The Hall–Kier alpha value is -2.38. The van der Waals surface area contributed by atoms with Crippen molar-refractivity contribution in [2.45, 2.75) is 6.42 Å². The number of aromatic hydroxyl groups is 1. The van der Waals surface area contributed by atoms with Gasteiger partial charge in [-0.1, -0.05) is 24.3 Å². The zero-order chi connectivity index (χ0) is 17.5. The van der Waals surface area contributed by atoms with Crippen LogP contribution in [0.4, 0.5) is 0 Å². The third-order valence-electron chi connectivity index (χ3n) is 3.54. The van der Waals surface area contributed by atoms with Gasteiger partial charge in [0.15, 0.2) is 5.11 Å². The first kappa shape index (κ1) is 18.0. The molecule has 128 valence electrons. The van der Waals surface area contributed by atoms with Crippen molar-refractivity contribution >= 4 is 34.0 Å². The second kappa shape index (κ2) is 8.47. The number of phenols is 1. The first-order chi connectivity index (χ1) is 11.5. The third-order valence-corrected chi connectivity index (χ3v) is 3.78. The molecule has 0 bridgehead atoms. The normalized spacial score (nSPS) is 10.6. The summed E-state index contributed by atoms with van der Waals surface area (Å²) in [5.74, 6) is -0.513. The van der Waals surface area contributed by atoms with E-state index < -0.39 is 5.91 Å². The first-order valence-electron chi connectivity index (χ1n) is 7.82. The Morgan fingerprint density at radius 2 is 1.83 bits per heavy atom. The van der Waals surface area contributed by atoms with Gasteiger partial charge in [0, 0.05) is 13.0 Å². The zero-order valence-corrected chi connectivity index (χ0v) is 14.7. The molecule has 0 saturated heterocycles. The highest BCUT2D eigenvalue weighted by Crippen LogP contribution is 2.24. The molecule has 0 unspecified atom stereocenters. The molecule has 0 fully saturated rings. The molecule has 0 atom stereocenters. The van der Waals surface area contributed by atoms with Crippen molar-refractivity contribution in [3.05, 3.63) is 42.0 Å². The molecule has 0 radical (unpaired) electrons. The number of nitrogens with one attached hydrogen (secondary N) is 4. The number of amides is 1. The smallest absolute Gasteiger partial charge is 0.273 e. The lowest BCUT2D eigenvalue weighted by atomic mass is 10.1. The van der Waals surface area contributed by atoms with Crippen LogP contribution in [0.5, 0.6) is 5.75 Å². The van der Waals surface area contributed by atoms with Crippen molar-refractivity contribution in [3.8, 4) is 5.75 Å². The van der Waals surface area contributed by atoms with E-state index in [1.807, 2.05) is 24.3 Å². The molecule has 0 spiro atoms. The summed E-state index contributed by atoms with van der Waals surface area (Å²) >= 11 is 5.11. The number of carbonyl (C=O) groups is 1. The van der Waals surface area contributed by atoms with Crippen molar-refractivity contribution in [1.29, 1.82) is 0 Å². The summed E-state index contributed by atoms with van der Waals surface area (Å²) in [7, 11) is 4.18. The second-order valence-corrected chi connectivity index (χ2v) is 6.27. The van der Waals surface area contributed by atoms with E-state index in [1.54, 1.807) is 12.1 Å². The Labute approximate surface area is 146 Å². The van der Waals surface area contributed by atoms with E-state index in [0.29, 0.717) is 5.11 Å². The fraction of sp³-hybridized carbons (Fsp3) is 0.294. The Morgan fingerprint density at radius 3 is 2.50 bits per heavy atom. The average molecular weight is 347 g/mol. The number of carbonyl (C=O) groups excluding carboxylic acids is 1. The summed E-state index contributed by atoms with van der Waals surface area (Å²) in [5.41, 5.74) is 5.34. The van der Waals surface area contributed by atoms with Crippen LogP contribution in [0.25, 0.3) is 10.8 Å². The van der Waals surface area contributed by atoms with Crippen molar-refractivity contribution in [2.75, 3.05) is 27.2 Å². The molecule has 0 saturated carbocycles. The molecule has 7 heteroatoms. The van der Waals surface area contributed by atoms with Gasteiger partial charge in [-0.05, 0) is 35.1 Å². The van der Waals surface area contributed by atoms with E-state index in [2.05, 4.69) is 30.3 Å². The maximum atomic E-state index is 12.2. The van der Waals surface area contributed by atoms with Crippen LogP contribution < -0.4 is 21.1 Å². The van der Waals surface area contributed by atoms with Crippen LogP contribution in [0.15, 0.2) is 36.4 Å². The summed E-state index contributed by atoms with van der Waals surface area (Å²) in [4.78, 5) is 13.6. The predicted octanol–water partition coefficient (Wildman–Crippen LogP) is 0.189. The number of hydrogen-bond donors (Lipinski definition) is 5. The number of benzene rings is 2. The van der Waals surface area contributed by atoms with Gasteiger partial charge in [0.1, 0.15) is 5.75 Å². The van der Waals surface area contributed by atoms with Gasteiger partial charge in [-0.25, -0.2) is 0 Å². The summed E-state index contributed by atoms with van der Waals surface area (Å²) < 4.78 is 0. The maximum absolute atomic E-state index is 12.2. The number of phenolic OH excluding ortho intramolecular Hbond substituents is 1. The van der Waals surface area contributed by atoms with Crippen LogP contribution in [-0.2, 0) is 0 Å². The van der Waals surface area contributed by atoms with Crippen LogP contribution in [0.1, 0.15) is 16.8 Å². The molecule has 0 aliphatic carbocycles. The average Bonchev–Trinajstić information content (AvgIpc) is 2.55. The van der Waals surface area contributed by atoms with E-state index in [1.165, 1.54) is 4.90 Å². The molecule has 0 aromatic heterocycles. The number of hydrazine groups is 1. The summed E-state index contributed by atoms with van der Waals surface area (Å²) in [6, 6.07) is 10.8. The topological polar surface area (TPSA) is 77.8 Å². The molecular formula is C17H23N4O2S+. The van der Waals surface area contributed by atoms with Crippen LogP contribution in [-0.4, -0.2) is 43.3 Å². The highest BCUT2D eigenvalue weighted by Gasteiger charge is 2.12. The van der Waals surface area contributed by atoms with E-state index in [-0.39, 0.29) is 11.3 Å². The highest BCUT2D eigenvalue weighted by molar-refractivity contribution is 7.80. The van der Waals surface area contributed by atoms with Gasteiger partial charge >= 0.3 is 0 Å². The molecular weight excluding hydrogens is 324 g/mol. The molecule has 0 aliphatic rings. The Bertz CT molecular complexity index is 734. The predicted molar refractivity (Wildman–Crippen MR) is 99.1 cm³/mol. The van der Waals surface area contributed by atoms with Crippen molar-refractivity contribution in [3.63, 3.8) is 0 Å². The van der Waals surface area contributed by atoms with Gasteiger partial charge in [-0.3, -0.25) is 15.6 Å². The van der Waals surface area contributed by atoms with Gasteiger partial charge in [0.05, 0.1) is 26.2 Å². The van der Waals surface area contributed by atoms with Crippen molar-refractivity contribution < 1.29 is 14.8 Å². The van der Waals surface area contributed by atoms with Crippen LogP contribution in [0, 0.1) is 0 Å². The van der Waals surface area contributed by atoms with E-state index in [0.717, 1.165) is 30.3 Å². The molecule has 5 N–H and O–H groups in total. The largest absolute Gasteiger partial charge is 0.507 e. The lowest BCUT2D eigenvalue weighted by molar-refractivity contribution is -0.858. The lowest BCUT2D eigenvalue weighted by Gasteiger charge is -2.13. The molecule has 2 aromatic rings. The quantitative estimate of drug-likeness (QED) is 0.303. The zero-order valence-electron chi connectivity index (χ0n) is 13.8. The van der Waals surface area contributed by atoms with Crippen LogP contribution in [0.3, 0.4) is 0 Å². The molecule has 6 nitrogen and oxygen atoms in total. The molecule has 0 heterocycles. The fourth-order valence-corrected chi connectivity index (χ4v) is 2.43. The minimum Gasteiger partial charge on any atom is -0.507 e. The van der Waals surface area contributed by atoms with Crippen molar-refractivity contribution in [2.24, 2.45) is 0 Å². The number of rotatable bonds is 5. The van der Waals surface area contributed by atoms with E-state index in [9.17, 15) is 9.90 Å². The van der Waals surface area contributed by atoms with Crippen LogP contribution in [0.2, 0.25) is 0 Å². The van der Waals surface area contributed by atoms with Gasteiger partial charge in [0.2, 0.25) is 0 Å². The molecule has 0 aliphatic heterocycles. The Kier molecular flexibility index (Phi) is 6.34. The minimum absolute atomic E-state index is 0.0687. The molecule has 1 amide bonds. The number of fused-ring (bicyclic) bond motifs is 1. The number of quaternary nitrogens is 1. The Morgan fingerprint density at radius 1 is 1.17 bits per heavy atom. The van der Waals surface area contributed by atoms with Crippen molar-refractivity contribution in [1.82, 2.24) is 16.2 Å². The third kappa shape index (κ3) is 5.07. The molecule has 2 aromatic carbocycles. The number of hydrogen-bond acceptors (Lipinski definition) is 3. The Balaban J connectivity index is 1.88. The van der Waals surface area contributed by atoms with E-state index in [4.69, 9.17) is 12.2 Å². The van der Waals surface area contributed by atoms with Crippen LogP contribution >= 0.6 is 12.2 Å². The van der Waals surface area contributed by atoms with E-state index >= 15 is 0 Å². The van der Waals surface area contributed by atoms with Gasteiger partial charge < -0.3 is 15.3 Å². The SMILES string of the molecule is C[NH+](C)CCCNC(=S)NNC(=O)c1cc2ccccc2cc1O. The summed E-state index contributed by atoms with van der Waals surface area (Å²) in [5, 5.41) is 15.2. The fourth-order valence-electron chi connectivity index (χ4n) is 2.28.